The first-order valence-corrected chi connectivity index (χ1v) is 8.00. The zero-order chi connectivity index (χ0) is 15.7. The van der Waals surface area contributed by atoms with Crippen molar-refractivity contribution in [2.45, 2.75) is 11.8 Å². The fourth-order valence-corrected chi connectivity index (χ4v) is 3.13. The zero-order valence-corrected chi connectivity index (χ0v) is 12.8. The summed E-state index contributed by atoms with van der Waals surface area (Å²) in [5, 5.41) is 0. The van der Waals surface area contributed by atoms with Crippen LogP contribution in [0.25, 0.3) is 11.1 Å². The lowest BCUT2D eigenvalue weighted by Gasteiger charge is -2.08. The number of anilines is 1. The number of ether oxygens (including phenoxy) is 1. The summed E-state index contributed by atoms with van der Waals surface area (Å²) in [6.45, 7) is 1.71. The third kappa shape index (κ3) is 2.75. The third-order valence-electron chi connectivity index (χ3n) is 3.12. The molecular weight excluding hydrogens is 304 g/mol. The van der Waals surface area contributed by atoms with Gasteiger partial charge in [0.1, 0.15) is 11.3 Å². The van der Waals surface area contributed by atoms with Gasteiger partial charge >= 0.3 is 0 Å². The molecule has 0 aliphatic rings. The van der Waals surface area contributed by atoms with E-state index in [1.807, 2.05) is 0 Å². The summed E-state index contributed by atoms with van der Waals surface area (Å²) in [7, 11) is -2.14. The standard InChI is InChI=1S/C15H14N2O4S/c1-10-16-14-8-7-13(9-15(14)21-10)22(18,19)17-11-3-5-12(20-2)6-4-11/h3-9,17H,1-2H3. The number of oxazole rings is 1. The number of benzene rings is 2. The monoisotopic (exact) mass is 318 g/mol. The number of hydrogen-bond donors (Lipinski definition) is 1. The molecule has 114 valence electrons. The number of hydrogen-bond acceptors (Lipinski definition) is 5. The average Bonchev–Trinajstić information content (AvgIpc) is 2.86. The Bertz CT molecular complexity index is 914. The fourth-order valence-electron chi connectivity index (χ4n) is 2.06. The summed E-state index contributed by atoms with van der Waals surface area (Å²) in [6, 6.07) is 11.2. The van der Waals surface area contributed by atoms with E-state index in [1.165, 1.54) is 12.1 Å². The molecular formula is C15H14N2O4S. The lowest BCUT2D eigenvalue weighted by molar-refractivity contribution is 0.415. The van der Waals surface area contributed by atoms with Crippen LogP contribution in [0.2, 0.25) is 0 Å². The highest BCUT2D eigenvalue weighted by atomic mass is 32.2. The van der Waals surface area contributed by atoms with E-state index in [0.717, 1.165) is 0 Å². The van der Waals surface area contributed by atoms with Gasteiger partial charge in [0.05, 0.1) is 12.0 Å². The number of sulfonamides is 1. The first-order chi connectivity index (χ1) is 10.5. The summed E-state index contributed by atoms with van der Waals surface area (Å²) in [5.41, 5.74) is 1.52. The molecule has 0 unspecified atom stereocenters. The molecule has 7 heteroatoms. The van der Waals surface area contributed by atoms with E-state index in [1.54, 1.807) is 44.4 Å². The molecule has 0 atom stereocenters. The van der Waals surface area contributed by atoms with E-state index in [9.17, 15) is 8.42 Å². The van der Waals surface area contributed by atoms with E-state index in [0.29, 0.717) is 28.4 Å². The van der Waals surface area contributed by atoms with Gasteiger partial charge in [0.2, 0.25) is 0 Å². The predicted molar refractivity (Wildman–Crippen MR) is 82.5 cm³/mol. The van der Waals surface area contributed by atoms with Crippen molar-refractivity contribution in [1.82, 2.24) is 4.98 Å². The van der Waals surface area contributed by atoms with Crippen LogP contribution >= 0.6 is 0 Å². The molecule has 0 radical (unpaired) electrons. The second kappa shape index (κ2) is 5.34. The SMILES string of the molecule is COc1ccc(NS(=O)(=O)c2ccc3nc(C)oc3c2)cc1. The van der Waals surface area contributed by atoms with E-state index in [-0.39, 0.29) is 4.90 Å². The molecule has 3 rings (SSSR count). The van der Waals surface area contributed by atoms with Crippen LogP contribution < -0.4 is 9.46 Å². The van der Waals surface area contributed by atoms with Crippen LogP contribution in [-0.4, -0.2) is 20.5 Å². The largest absolute Gasteiger partial charge is 0.497 e. The molecule has 0 bridgehead atoms. The molecule has 0 aliphatic carbocycles. The van der Waals surface area contributed by atoms with E-state index in [2.05, 4.69) is 9.71 Å². The molecule has 1 N–H and O–H groups in total. The Morgan fingerprint density at radius 2 is 1.86 bits per heavy atom. The minimum Gasteiger partial charge on any atom is -0.497 e. The van der Waals surface area contributed by atoms with Crippen LogP contribution in [0.5, 0.6) is 5.75 Å². The second-order valence-corrected chi connectivity index (χ2v) is 6.38. The molecule has 22 heavy (non-hydrogen) atoms. The quantitative estimate of drug-likeness (QED) is 0.800. The molecule has 2 aromatic carbocycles. The van der Waals surface area contributed by atoms with Crippen LogP contribution in [0.3, 0.4) is 0 Å². The first-order valence-electron chi connectivity index (χ1n) is 6.52. The molecule has 0 amide bonds. The Morgan fingerprint density at radius 1 is 1.14 bits per heavy atom. The smallest absolute Gasteiger partial charge is 0.262 e. The fraction of sp³-hybridized carbons (Fsp3) is 0.133. The van der Waals surface area contributed by atoms with Gasteiger partial charge in [-0.15, -0.1) is 0 Å². The molecule has 6 nitrogen and oxygen atoms in total. The van der Waals surface area contributed by atoms with Crippen molar-refractivity contribution in [2.24, 2.45) is 0 Å². The maximum absolute atomic E-state index is 12.4. The van der Waals surface area contributed by atoms with Gasteiger partial charge in [-0.05, 0) is 36.4 Å². The number of rotatable bonds is 4. The topological polar surface area (TPSA) is 81.4 Å². The Labute approximate surface area is 127 Å². The molecule has 1 aromatic heterocycles. The van der Waals surface area contributed by atoms with E-state index >= 15 is 0 Å². The molecule has 0 aliphatic heterocycles. The molecule has 0 fully saturated rings. The van der Waals surface area contributed by atoms with Crippen molar-refractivity contribution in [3.8, 4) is 5.75 Å². The zero-order valence-electron chi connectivity index (χ0n) is 12.0. The van der Waals surface area contributed by atoms with Crippen molar-refractivity contribution in [2.75, 3.05) is 11.8 Å². The second-order valence-electron chi connectivity index (χ2n) is 4.70. The number of nitrogens with zero attached hydrogens (tertiary/aromatic N) is 1. The Balaban J connectivity index is 1.92. The summed E-state index contributed by atoms with van der Waals surface area (Å²) in [5.74, 6) is 1.15. The highest BCUT2D eigenvalue weighted by molar-refractivity contribution is 7.92. The van der Waals surface area contributed by atoms with Crippen molar-refractivity contribution < 1.29 is 17.6 Å². The van der Waals surface area contributed by atoms with Gasteiger partial charge in [0.25, 0.3) is 10.0 Å². The Kier molecular flexibility index (Phi) is 3.50. The van der Waals surface area contributed by atoms with Gasteiger partial charge < -0.3 is 9.15 Å². The van der Waals surface area contributed by atoms with Gasteiger partial charge in [-0.1, -0.05) is 0 Å². The van der Waals surface area contributed by atoms with Gasteiger partial charge in [-0.2, -0.15) is 0 Å². The summed E-state index contributed by atoms with van der Waals surface area (Å²) >= 11 is 0. The van der Waals surface area contributed by atoms with Gasteiger partial charge in [0.15, 0.2) is 11.5 Å². The number of methoxy groups -OCH3 is 1. The normalized spacial score (nSPS) is 11.5. The maximum Gasteiger partial charge on any atom is 0.262 e. The van der Waals surface area contributed by atoms with Crippen molar-refractivity contribution in [3.63, 3.8) is 0 Å². The lowest BCUT2D eigenvalue weighted by atomic mass is 10.3. The van der Waals surface area contributed by atoms with E-state index in [4.69, 9.17) is 9.15 Å². The van der Waals surface area contributed by atoms with E-state index < -0.39 is 10.0 Å². The minimum atomic E-state index is -3.69. The van der Waals surface area contributed by atoms with Gasteiger partial charge in [-0.3, -0.25) is 4.72 Å². The molecule has 0 saturated heterocycles. The summed E-state index contributed by atoms with van der Waals surface area (Å²) < 4.78 is 37.7. The van der Waals surface area contributed by atoms with Crippen LogP contribution in [0.4, 0.5) is 5.69 Å². The van der Waals surface area contributed by atoms with Crippen molar-refractivity contribution >= 4 is 26.8 Å². The van der Waals surface area contributed by atoms with Crippen LogP contribution in [0, 0.1) is 6.92 Å². The number of nitrogens with one attached hydrogen (secondary N) is 1. The average molecular weight is 318 g/mol. The van der Waals surface area contributed by atoms with Crippen LogP contribution in [-0.2, 0) is 10.0 Å². The Morgan fingerprint density at radius 3 is 2.55 bits per heavy atom. The molecule has 0 spiro atoms. The summed E-state index contributed by atoms with van der Waals surface area (Å²) in [6.07, 6.45) is 0. The van der Waals surface area contributed by atoms with Crippen LogP contribution in [0.1, 0.15) is 5.89 Å². The summed E-state index contributed by atoms with van der Waals surface area (Å²) in [4.78, 5) is 4.26. The Hall–Kier alpha value is -2.54. The highest BCUT2D eigenvalue weighted by Crippen LogP contribution is 2.23. The molecule has 0 saturated carbocycles. The predicted octanol–water partition coefficient (Wildman–Crippen LogP) is 2.95. The highest BCUT2D eigenvalue weighted by Gasteiger charge is 2.16. The third-order valence-corrected chi connectivity index (χ3v) is 4.50. The maximum atomic E-state index is 12.4. The van der Waals surface area contributed by atoms with Crippen molar-refractivity contribution in [1.29, 1.82) is 0 Å². The first kappa shape index (κ1) is 14.4. The number of aromatic nitrogens is 1. The van der Waals surface area contributed by atoms with Crippen LogP contribution in [0.15, 0.2) is 51.8 Å². The number of aryl methyl sites for hydroxylation is 1. The molecule has 3 aromatic rings. The lowest BCUT2D eigenvalue weighted by Crippen LogP contribution is -2.12. The minimum absolute atomic E-state index is 0.118. The van der Waals surface area contributed by atoms with Gasteiger partial charge in [0, 0.05) is 18.7 Å². The van der Waals surface area contributed by atoms with Gasteiger partial charge in [-0.25, -0.2) is 13.4 Å². The molecule has 1 heterocycles. The van der Waals surface area contributed by atoms with Crippen molar-refractivity contribution in [3.05, 3.63) is 48.4 Å². The number of fused-ring (bicyclic) bond motifs is 1.